The summed E-state index contributed by atoms with van der Waals surface area (Å²) in [6, 6.07) is 5.28. The molecule has 0 spiro atoms. The van der Waals surface area contributed by atoms with Gasteiger partial charge >= 0.3 is 6.18 Å². The van der Waals surface area contributed by atoms with Crippen LogP contribution in [0.5, 0.6) is 5.75 Å². The number of ether oxygens (including phenoxy) is 1. The van der Waals surface area contributed by atoms with Crippen LogP contribution in [0.15, 0.2) is 23.3 Å². The number of carbonyl (C=O) groups excluding carboxylic acids is 1. The van der Waals surface area contributed by atoms with Gasteiger partial charge < -0.3 is 9.84 Å². The molecule has 2 atom stereocenters. The first-order valence-corrected chi connectivity index (χ1v) is 8.54. The molecule has 0 radical (unpaired) electrons. The maximum Gasteiger partial charge on any atom is 0.439 e. The molecule has 0 saturated heterocycles. The van der Waals surface area contributed by atoms with Crippen LogP contribution >= 0.6 is 0 Å². The molecular weight excluding hydrogens is 349 g/mol. The number of benzene rings is 1. The molecule has 1 aromatic rings. The Kier molecular flexibility index (Phi) is 4.72. The Labute approximate surface area is 149 Å². The molecule has 3 rings (SSSR count). The third-order valence-corrected chi connectivity index (χ3v) is 4.95. The van der Waals surface area contributed by atoms with Crippen LogP contribution in [-0.2, 0) is 4.79 Å². The lowest BCUT2D eigenvalue weighted by molar-refractivity contribution is -0.317. The Morgan fingerprint density at radius 2 is 2.12 bits per heavy atom. The van der Waals surface area contributed by atoms with Gasteiger partial charge in [-0.2, -0.15) is 23.3 Å². The van der Waals surface area contributed by atoms with Gasteiger partial charge in [-0.15, -0.1) is 0 Å². The second-order valence-electron chi connectivity index (χ2n) is 6.88. The van der Waals surface area contributed by atoms with E-state index in [0.29, 0.717) is 25.0 Å². The molecule has 1 amide bonds. The van der Waals surface area contributed by atoms with Crippen molar-refractivity contribution in [1.82, 2.24) is 5.01 Å². The molecule has 1 N–H and O–H groups in total. The Morgan fingerprint density at radius 1 is 1.38 bits per heavy atom. The topological polar surface area (TPSA) is 62.1 Å². The first-order chi connectivity index (χ1) is 12.1. The van der Waals surface area contributed by atoms with Gasteiger partial charge in [-0.3, -0.25) is 4.79 Å². The van der Waals surface area contributed by atoms with Gasteiger partial charge in [-0.1, -0.05) is 24.1 Å². The van der Waals surface area contributed by atoms with Crippen LogP contribution in [0.4, 0.5) is 13.2 Å². The van der Waals surface area contributed by atoms with Gasteiger partial charge in [0.25, 0.3) is 11.6 Å². The fourth-order valence-corrected chi connectivity index (χ4v) is 3.63. The van der Waals surface area contributed by atoms with Crippen molar-refractivity contribution in [3.05, 3.63) is 29.3 Å². The summed E-state index contributed by atoms with van der Waals surface area (Å²) in [4.78, 5) is 12.4. The van der Waals surface area contributed by atoms with Gasteiger partial charge in [-0.05, 0) is 44.7 Å². The zero-order valence-corrected chi connectivity index (χ0v) is 14.6. The van der Waals surface area contributed by atoms with Gasteiger partial charge in [0.2, 0.25) is 0 Å². The molecule has 1 saturated carbocycles. The molecule has 5 nitrogen and oxygen atoms in total. The summed E-state index contributed by atoms with van der Waals surface area (Å²) in [5.74, 6) is -1.82. The fraction of sp³-hybridized carbons (Fsp3) is 0.556. The van der Waals surface area contributed by atoms with Crippen LogP contribution in [0, 0.1) is 19.8 Å². The number of hydrogen-bond acceptors (Lipinski definition) is 4. The summed E-state index contributed by atoms with van der Waals surface area (Å²) >= 11 is 0. The first-order valence-electron chi connectivity index (χ1n) is 8.54. The minimum absolute atomic E-state index is 0.149. The van der Waals surface area contributed by atoms with Gasteiger partial charge in [0.1, 0.15) is 5.75 Å². The number of nitrogens with zero attached hydrogens (tertiary/aromatic N) is 2. The highest BCUT2D eigenvalue weighted by molar-refractivity contribution is 5.93. The summed E-state index contributed by atoms with van der Waals surface area (Å²) in [6.07, 6.45) is -3.25. The number of alkyl halides is 3. The quantitative estimate of drug-likeness (QED) is 0.888. The number of hydrogen-bond donors (Lipinski definition) is 1. The Balaban J connectivity index is 1.81. The zero-order valence-electron chi connectivity index (χ0n) is 14.6. The molecule has 26 heavy (non-hydrogen) atoms. The standard InChI is InChI=1S/C18H21F3N2O3/c1-11-7-8-15(12(2)9-11)26-10-16(24)23-17(25,18(19,20)21)13-5-3-4-6-14(13)22-23/h7-9,13,25H,3-6,10H2,1-2H3/t13-,17+/m0/s1. The van der Waals surface area contributed by atoms with Crippen molar-refractivity contribution in [1.29, 1.82) is 0 Å². The third kappa shape index (κ3) is 3.06. The van der Waals surface area contributed by atoms with E-state index < -0.39 is 30.3 Å². The highest BCUT2D eigenvalue weighted by Gasteiger charge is 2.68. The van der Waals surface area contributed by atoms with Crippen LogP contribution in [0.2, 0.25) is 0 Å². The summed E-state index contributed by atoms with van der Waals surface area (Å²) in [5.41, 5.74) is -1.30. The Hall–Kier alpha value is -2.09. The maximum atomic E-state index is 13.6. The molecule has 8 heteroatoms. The van der Waals surface area contributed by atoms with E-state index >= 15 is 0 Å². The number of halogens is 3. The molecule has 1 fully saturated rings. The lowest BCUT2D eigenvalue weighted by Gasteiger charge is -2.38. The molecule has 142 valence electrons. The van der Waals surface area contributed by atoms with E-state index in [9.17, 15) is 23.1 Å². The number of hydrazone groups is 1. The van der Waals surface area contributed by atoms with E-state index in [0.717, 1.165) is 11.1 Å². The third-order valence-electron chi connectivity index (χ3n) is 4.95. The highest BCUT2D eigenvalue weighted by atomic mass is 19.4. The van der Waals surface area contributed by atoms with Crippen molar-refractivity contribution in [2.75, 3.05) is 6.61 Å². The monoisotopic (exact) mass is 370 g/mol. The predicted octanol–water partition coefficient (Wildman–Crippen LogP) is 3.32. The minimum atomic E-state index is -5.00. The van der Waals surface area contributed by atoms with Crippen LogP contribution in [0.25, 0.3) is 0 Å². The lowest BCUT2D eigenvalue weighted by atomic mass is 9.80. The van der Waals surface area contributed by atoms with E-state index in [2.05, 4.69) is 5.10 Å². The number of aliphatic hydroxyl groups is 1. The molecule has 0 bridgehead atoms. The van der Waals surface area contributed by atoms with Gasteiger partial charge in [0.05, 0.1) is 5.92 Å². The van der Waals surface area contributed by atoms with Gasteiger partial charge in [0, 0.05) is 5.71 Å². The molecular formula is C18H21F3N2O3. The predicted molar refractivity (Wildman–Crippen MR) is 88.7 cm³/mol. The van der Waals surface area contributed by atoms with Crippen LogP contribution < -0.4 is 4.74 Å². The number of aryl methyl sites for hydroxylation is 2. The minimum Gasteiger partial charge on any atom is -0.483 e. The summed E-state index contributed by atoms with van der Waals surface area (Å²) in [5, 5.41) is 14.5. The number of amides is 1. The first kappa shape index (κ1) is 18.7. The Bertz CT molecular complexity index is 748. The second kappa shape index (κ2) is 6.57. The summed E-state index contributed by atoms with van der Waals surface area (Å²) < 4.78 is 46.3. The number of fused-ring (bicyclic) bond motifs is 1. The second-order valence-corrected chi connectivity index (χ2v) is 6.88. The lowest BCUT2D eigenvalue weighted by Crippen LogP contribution is -2.62. The Morgan fingerprint density at radius 3 is 2.77 bits per heavy atom. The van der Waals surface area contributed by atoms with Crippen LogP contribution in [-0.4, -0.2) is 40.2 Å². The van der Waals surface area contributed by atoms with Crippen LogP contribution in [0.1, 0.15) is 36.8 Å². The van der Waals surface area contributed by atoms with E-state index in [4.69, 9.17) is 4.74 Å². The van der Waals surface area contributed by atoms with Crippen molar-refractivity contribution >= 4 is 11.6 Å². The van der Waals surface area contributed by atoms with E-state index in [1.807, 2.05) is 13.0 Å². The molecule has 1 heterocycles. The number of rotatable bonds is 3. The van der Waals surface area contributed by atoms with E-state index in [1.165, 1.54) is 0 Å². The van der Waals surface area contributed by atoms with Gasteiger partial charge in [-0.25, -0.2) is 0 Å². The SMILES string of the molecule is Cc1ccc(OCC(=O)N2N=C3CCCC[C@@H]3[C@@]2(O)C(F)(F)F)c(C)c1. The molecule has 0 aromatic heterocycles. The van der Waals surface area contributed by atoms with E-state index in [1.54, 1.807) is 19.1 Å². The molecule has 1 aromatic carbocycles. The normalized spacial score (nSPS) is 25.7. The summed E-state index contributed by atoms with van der Waals surface area (Å²) in [7, 11) is 0. The van der Waals surface area contributed by atoms with Crippen molar-refractivity contribution < 1.29 is 27.8 Å². The van der Waals surface area contributed by atoms with Crippen LogP contribution in [0.3, 0.4) is 0 Å². The van der Waals surface area contributed by atoms with Crippen molar-refractivity contribution in [3.63, 3.8) is 0 Å². The highest BCUT2D eigenvalue weighted by Crippen LogP contribution is 2.48. The van der Waals surface area contributed by atoms with Crippen molar-refractivity contribution in [3.8, 4) is 5.75 Å². The zero-order chi connectivity index (χ0) is 19.1. The average Bonchev–Trinajstić information content (AvgIpc) is 2.88. The summed E-state index contributed by atoms with van der Waals surface area (Å²) in [6.45, 7) is 3.04. The molecule has 1 aliphatic heterocycles. The molecule has 0 unspecified atom stereocenters. The largest absolute Gasteiger partial charge is 0.483 e. The average molecular weight is 370 g/mol. The van der Waals surface area contributed by atoms with Crippen molar-refractivity contribution in [2.24, 2.45) is 11.0 Å². The van der Waals surface area contributed by atoms with Gasteiger partial charge in [0.15, 0.2) is 6.61 Å². The van der Waals surface area contributed by atoms with E-state index in [-0.39, 0.29) is 17.1 Å². The molecule has 1 aliphatic carbocycles. The van der Waals surface area contributed by atoms with Crippen molar-refractivity contribution in [2.45, 2.75) is 51.4 Å². The fourth-order valence-electron chi connectivity index (χ4n) is 3.63. The molecule has 2 aliphatic rings. The maximum absolute atomic E-state index is 13.6. The number of carbonyl (C=O) groups is 1. The smallest absolute Gasteiger partial charge is 0.439 e.